The van der Waals surface area contributed by atoms with Gasteiger partial charge in [0.05, 0.1) is 45.6 Å². The third kappa shape index (κ3) is 3.33. The third-order valence-electron chi connectivity index (χ3n) is 5.33. The van der Waals surface area contributed by atoms with E-state index in [1.54, 1.807) is 6.07 Å². The van der Waals surface area contributed by atoms with E-state index in [9.17, 15) is 10.2 Å². The Morgan fingerprint density at radius 3 is 1.66 bits per heavy atom. The van der Waals surface area contributed by atoms with E-state index in [2.05, 4.69) is 15.0 Å². The summed E-state index contributed by atoms with van der Waals surface area (Å²) < 4.78 is 0. The maximum atomic E-state index is 10.00. The number of rotatable bonds is 1. The van der Waals surface area contributed by atoms with Crippen molar-refractivity contribution in [2.45, 2.75) is 0 Å². The SMILES string of the molecule is Oc1ccc(C2=CC3=CC4=NC(=CC5=NC(=CC6=NC(=CC2=N3)C=C6)C=C5)C=C4)cc1O. The summed E-state index contributed by atoms with van der Waals surface area (Å²) in [6.07, 6.45) is 21.3. The van der Waals surface area contributed by atoms with Crippen molar-refractivity contribution < 1.29 is 10.2 Å². The molecule has 6 rings (SSSR count). The summed E-state index contributed by atoms with van der Waals surface area (Å²) in [6, 6.07) is 4.75. The lowest BCUT2D eigenvalue weighted by molar-refractivity contribution is 0.403. The number of nitrogens with zero attached hydrogens (tertiary/aromatic N) is 4. The van der Waals surface area contributed by atoms with Gasteiger partial charge in [-0.2, -0.15) is 0 Å². The smallest absolute Gasteiger partial charge is 0.158 e. The van der Waals surface area contributed by atoms with E-state index in [0.29, 0.717) is 5.71 Å². The van der Waals surface area contributed by atoms with Crippen LogP contribution in [-0.4, -0.2) is 33.1 Å². The minimum absolute atomic E-state index is 0.164. The molecule has 6 heteroatoms. The molecule has 2 N–H and O–H groups in total. The Morgan fingerprint density at radius 1 is 0.500 bits per heavy atom. The fourth-order valence-corrected chi connectivity index (χ4v) is 3.82. The van der Waals surface area contributed by atoms with Gasteiger partial charge in [-0.3, -0.25) is 0 Å². The van der Waals surface area contributed by atoms with Crippen LogP contribution in [0.3, 0.4) is 0 Å². The first kappa shape index (κ1) is 18.2. The molecule has 5 heterocycles. The minimum atomic E-state index is -0.179. The van der Waals surface area contributed by atoms with Gasteiger partial charge in [-0.1, -0.05) is 6.07 Å². The second-order valence-electron chi connectivity index (χ2n) is 7.65. The summed E-state index contributed by atoms with van der Waals surface area (Å²) in [7, 11) is 0. The molecule has 5 aliphatic heterocycles. The molecular weight excluding hydrogens is 400 g/mol. The van der Waals surface area contributed by atoms with E-state index in [4.69, 9.17) is 4.99 Å². The van der Waals surface area contributed by atoms with Crippen LogP contribution in [-0.2, 0) is 0 Å². The van der Waals surface area contributed by atoms with Gasteiger partial charge in [0, 0.05) is 5.57 Å². The molecule has 5 aliphatic rings. The van der Waals surface area contributed by atoms with Gasteiger partial charge < -0.3 is 10.2 Å². The normalized spacial score (nSPS) is 20.2. The van der Waals surface area contributed by atoms with Gasteiger partial charge in [0.25, 0.3) is 0 Å². The highest BCUT2D eigenvalue weighted by Crippen LogP contribution is 2.33. The van der Waals surface area contributed by atoms with Crippen molar-refractivity contribution in [3.8, 4) is 11.5 Å². The lowest BCUT2D eigenvalue weighted by atomic mass is 10.0. The molecule has 1 aromatic carbocycles. The van der Waals surface area contributed by atoms with Crippen LogP contribution < -0.4 is 0 Å². The van der Waals surface area contributed by atoms with Gasteiger partial charge in [0.1, 0.15) is 0 Å². The second kappa shape index (κ2) is 6.99. The maximum Gasteiger partial charge on any atom is 0.158 e. The fraction of sp³-hybridized carbons (Fsp3) is 0. The van der Waals surface area contributed by atoms with Crippen LogP contribution >= 0.6 is 0 Å². The predicted octanol–water partition coefficient (Wildman–Crippen LogP) is 4.52. The number of hydrogen-bond acceptors (Lipinski definition) is 6. The summed E-state index contributed by atoms with van der Waals surface area (Å²) in [5.74, 6) is -0.343. The second-order valence-corrected chi connectivity index (χ2v) is 7.65. The average molecular weight is 416 g/mol. The molecule has 8 bridgehead atoms. The van der Waals surface area contributed by atoms with Crippen molar-refractivity contribution in [1.29, 1.82) is 0 Å². The zero-order valence-electron chi connectivity index (χ0n) is 16.8. The summed E-state index contributed by atoms with van der Waals surface area (Å²) in [6.45, 7) is 0. The number of allylic oxidation sites excluding steroid dienone is 12. The molecule has 0 fully saturated rings. The first-order valence-corrected chi connectivity index (χ1v) is 10.1. The monoisotopic (exact) mass is 416 g/mol. The lowest BCUT2D eigenvalue weighted by Crippen LogP contribution is -1.96. The molecule has 0 unspecified atom stereocenters. The van der Waals surface area contributed by atoms with E-state index in [1.165, 1.54) is 12.1 Å². The van der Waals surface area contributed by atoms with Crippen molar-refractivity contribution in [1.82, 2.24) is 0 Å². The van der Waals surface area contributed by atoms with Crippen LogP contribution in [0.5, 0.6) is 11.5 Å². The summed E-state index contributed by atoms with van der Waals surface area (Å²) in [5.41, 5.74) is 7.89. The minimum Gasteiger partial charge on any atom is -0.504 e. The number of phenolic OH excluding ortho intramolecular Hbond substituents is 2. The number of fused-ring (bicyclic) bond motifs is 4. The van der Waals surface area contributed by atoms with Crippen molar-refractivity contribution in [2.75, 3.05) is 0 Å². The van der Waals surface area contributed by atoms with E-state index >= 15 is 0 Å². The first-order valence-electron chi connectivity index (χ1n) is 10.1. The molecule has 6 nitrogen and oxygen atoms in total. The largest absolute Gasteiger partial charge is 0.504 e. The summed E-state index contributed by atoms with van der Waals surface area (Å²) in [4.78, 5) is 18.7. The Balaban J connectivity index is 1.51. The Morgan fingerprint density at radius 2 is 1.06 bits per heavy atom. The molecule has 0 aliphatic carbocycles. The standard InChI is InChI=1S/C26H16N4O2/c31-25-8-1-15(9-26(25)32)23-13-22-12-20-5-4-18(28-20)10-16-2-3-17(27-16)11-19-6-7-21(29-19)14-24(23)30-22/h1-14,31-32H. The van der Waals surface area contributed by atoms with Crippen LogP contribution in [0.4, 0.5) is 0 Å². The van der Waals surface area contributed by atoms with Crippen molar-refractivity contribution in [3.05, 3.63) is 113 Å². The predicted molar refractivity (Wildman–Crippen MR) is 127 cm³/mol. The van der Waals surface area contributed by atoms with Gasteiger partial charge >= 0.3 is 0 Å². The van der Waals surface area contributed by atoms with Crippen LogP contribution in [0.2, 0.25) is 0 Å². The van der Waals surface area contributed by atoms with Crippen molar-refractivity contribution in [2.24, 2.45) is 20.0 Å². The van der Waals surface area contributed by atoms with Gasteiger partial charge in [0.15, 0.2) is 11.5 Å². The lowest BCUT2D eigenvalue weighted by Gasteiger charge is -2.05. The topological polar surface area (TPSA) is 89.9 Å². The van der Waals surface area contributed by atoms with E-state index < -0.39 is 0 Å². The zero-order chi connectivity index (χ0) is 21.7. The fourth-order valence-electron chi connectivity index (χ4n) is 3.82. The van der Waals surface area contributed by atoms with Crippen molar-refractivity contribution >= 4 is 28.4 Å². The Hall–Kier alpha value is -4.58. The molecule has 0 radical (unpaired) electrons. The third-order valence-corrected chi connectivity index (χ3v) is 5.33. The highest BCUT2D eigenvalue weighted by atomic mass is 16.3. The van der Waals surface area contributed by atoms with Crippen LogP contribution in [0, 0.1) is 0 Å². The number of hydrogen-bond donors (Lipinski definition) is 2. The Labute approximate surface area is 183 Å². The van der Waals surface area contributed by atoms with Crippen LogP contribution in [0.1, 0.15) is 5.56 Å². The molecule has 152 valence electrons. The first-order chi connectivity index (χ1) is 15.6. The quantitative estimate of drug-likeness (QED) is 0.659. The van der Waals surface area contributed by atoms with E-state index in [1.807, 2.05) is 66.8 Å². The molecule has 0 atom stereocenters. The van der Waals surface area contributed by atoms with Gasteiger partial charge in [-0.15, -0.1) is 0 Å². The van der Waals surface area contributed by atoms with Gasteiger partial charge in [-0.25, -0.2) is 20.0 Å². The van der Waals surface area contributed by atoms with Gasteiger partial charge in [-0.05, 0) is 84.5 Å². The number of aromatic hydroxyl groups is 2. The molecule has 0 spiro atoms. The number of aliphatic imine (C=N–C) groups is 4. The molecule has 32 heavy (non-hydrogen) atoms. The van der Waals surface area contributed by atoms with Crippen molar-refractivity contribution in [3.63, 3.8) is 0 Å². The Kier molecular flexibility index (Phi) is 3.98. The van der Waals surface area contributed by atoms with Crippen LogP contribution in [0.15, 0.2) is 128 Å². The molecule has 0 saturated heterocycles. The van der Waals surface area contributed by atoms with E-state index in [0.717, 1.165) is 51.1 Å². The average Bonchev–Trinajstić information content (AvgIpc) is 3.55. The summed E-state index contributed by atoms with van der Waals surface area (Å²) in [5, 5.41) is 19.7. The molecule has 0 amide bonds. The van der Waals surface area contributed by atoms with Gasteiger partial charge in [0.2, 0.25) is 0 Å². The molecule has 0 saturated carbocycles. The summed E-state index contributed by atoms with van der Waals surface area (Å²) >= 11 is 0. The number of benzene rings is 1. The zero-order valence-corrected chi connectivity index (χ0v) is 16.8. The van der Waals surface area contributed by atoms with Crippen LogP contribution in [0.25, 0.3) is 5.57 Å². The number of phenols is 2. The molecule has 0 aromatic heterocycles. The maximum absolute atomic E-state index is 10.00. The highest BCUT2D eigenvalue weighted by Gasteiger charge is 2.19. The Bertz CT molecular complexity index is 1460. The molecular formula is C26H16N4O2. The molecule has 1 aromatic rings. The highest BCUT2D eigenvalue weighted by molar-refractivity contribution is 6.32. The van der Waals surface area contributed by atoms with E-state index in [-0.39, 0.29) is 11.5 Å².